The van der Waals surface area contributed by atoms with Gasteiger partial charge in [-0.1, -0.05) is 47.6 Å². The van der Waals surface area contributed by atoms with Crippen LogP contribution >= 0.6 is 0 Å². The zero-order valence-corrected chi connectivity index (χ0v) is 24.3. The van der Waals surface area contributed by atoms with Crippen molar-refractivity contribution in [2.24, 2.45) is 0 Å². The van der Waals surface area contributed by atoms with Crippen molar-refractivity contribution < 1.29 is 28.8 Å². The zero-order chi connectivity index (χ0) is 31.1. The van der Waals surface area contributed by atoms with E-state index in [1.54, 1.807) is 69.6 Å². The second kappa shape index (κ2) is 13.5. The molecule has 0 spiro atoms. The van der Waals surface area contributed by atoms with Crippen LogP contribution < -0.4 is 20.4 Å². The number of nitrogens with one attached hydrogen (secondary N) is 2. The number of amides is 4. The summed E-state index contributed by atoms with van der Waals surface area (Å²) in [6, 6.07) is 21.7. The number of carboxylic acid groups (broad SMARTS) is 1. The highest BCUT2D eigenvalue weighted by Crippen LogP contribution is 2.24. The lowest BCUT2D eigenvalue weighted by molar-refractivity contribution is -0.137. The first kappa shape index (κ1) is 30.5. The molecule has 0 saturated carbocycles. The molecule has 0 radical (unpaired) electrons. The Bertz CT molecular complexity index is 1630. The summed E-state index contributed by atoms with van der Waals surface area (Å²) >= 11 is 0. The molecule has 0 aliphatic rings. The summed E-state index contributed by atoms with van der Waals surface area (Å²) in [6.07, 6.45) is -0.272. The number of benzene rings is 3. The molecule has 0 aliphatic carbocycles. The number of hydrogen-bond donors (Lipinski definition) is 3. The second-order valence-electron chi connectivity index (χ2n) is 10.1. The first-order chi connectivity index (χ1) is 20.5. The number of para-hydroxylation sites is 1. The van der Waals surface area contributed by atoms with Crippen LogP contribution in [0, 0.1) is 13.8 Å². The predicted molar refractivity (Wildman–Crippen MR) is 162 cm³/mol. The van der Waals surface area contributed by atoms with Crippen molar-refractivity contribution in [1.29, 1.82) is 0 Å². The van der Waals surface area contributed by atoms with Crippen LogP contribution in [-0.2, 0) is 16.0 Å². The molecule has 4 rings (SSSR count). The topological polar surface area (TPSA) is 145 Å². The summed E-state index contributed by atoms with van der Waals surface area (Å²) in [5, 5.41) is 18.7. The van der Waals surface area contributed by atoms with Gasteiger partial charge in [0.05, 0.1) is 18.9 Å². The maximum atomic E-state index is 13.1. The molecule has 1 aromatic heterocycles. The molecule has 43 heavy (non-hydrogen) atoms. The molecule has 0 aliphatic heterocycles. The summed E-state index contributed by atoms with van der Waals surface area (Å²) in [5.74, 6) is -1.42. The van der Waals surface area contributed by atoms with E-state index in [9.17, 15) is 24.3 Å². The molecule has 4 amide bonds. The number of aromatic nitrogens is 1. The Morgan fingerprint density at radius 3 is 2.28 bits per heavy atom. The van der Waals surface area contributed by atoms with E-state index in [1.807, 2.05) is 31.2 Å². The van der Waals surface area contributed by atoms with Crippen LogP contribution in [0.4, 0.5) is 21.9 Å². The van der Waals surface area contributed by atoms with E-state index in [4.69, 9.17) is 4.52 Å². The molecule has 1 unspecified atom stereocenters. The average Bonchev–Trinajstić information content (AvgIpc) is 3.43. The molecule has 4 aromatic rings. The van der Waals surface area contributed by atoms with Crippen molar-refractivity contribution in [2.45, 2.75) is 32.7 Å². The van der Waals surface area contributed by atoms with Gasteiger partial charge in [-0.05, 0) is 60.9 Å². The fourth-order valence-corrected chi connectivity index (χ4v) is 4.48. The number of urea groups is 1. The smallest absolute Gasteiger partial charge is 0.326 e. The number of aryl methyl sites for hydroxylation is 2. The minimum absolute atomic E-state index is 0.0419. The SMILES string of the molecule is Cc1cc(C(=O)NC(CC(=O)O)c2cccc(N(C)C(=O)Cc3ccc(NC(=O)N(C)c4ccccc4C)cc3)c2)no1. The van der Waals surface area contributed by atoms with E-state index >= 15 is 0 Å². The highest BCUT2D eigenvalue weighted by Gasteiger charge is 2.22. The van der Waals surface area contributed by atoms with Gasteiger partial charge in [-0.3, -0.25) is 19.3 Å². The number of carbonyl (C=O) groups is 4. The quantitative estimate of drug-likeness (QED) is 0.235. The standard InChI is InChI=1S/C32H33N5O6/c1-20-8-5-6-11-28(20)37(4)32(42)33-24-14-12-22(13-15-24)17-29(38)36(3)25-10-7-9-23(18-25)26(19-30(39)40)34-31(41)27-16-21(2)43-35-27/h5-16,18,26H,17,19H2,1-4H3,(H,33,42)(H,34,41)(H,39,40). The van der Waals surface area contributed by atoms with Gasteiger partial charge in [0.2, 0.25) is 5.91 Å². The maximum Gasteiger partial charge on any atom is 0.326 e. The van der Waals surface area contributed by atoms with Crippen LogP contribution in [0.3, 0.4) is 0 Å². The zero-order valence-electron chi connectivity index (χ0n) is 24.3. The third-order valence-electron chi connectivity index (χ3n) is 6.92. The van der Waals surface area contributed by atoms with Gasteiger partial charge >= 0.3 is 12.0 Å². The predicted octanol–water partition coefficient (Wildman–Crippen LogP) is 5.11. The summed E-state index contributed by atoms with van der Waals surface area (Å²) in [5.41, 5.74) is 4.22. The number of carboxylic acids is 1. The van der Waals surface area contributed by atoms with Crippen LogP contribution in [0.1, 0.15) is 45.4 Å². The fourth-order valence-electron chi connectivity index (χ4n) is 4.48. The number of rotatable bonds is 10. The van der Waals surface area contributed by atoms with Crippen LogP contribution in [-0.4, -0.2) is 48.2 Å². The molecule has 222 valence electrons. The third kappa shape index (κ3) is 7.85. The van der Waals surface area contributed by atoms with Crippen LogP contribution in [0.25, 0.3) is 0 Å². The Morgan fingerprint density at radius 1 is 0.907 bits per heavy atom. The highest BCUT2D eigenvalue weighted by molar-refractivity contribution is 6.02. The van der Waals surface area contributed by atoms with Crippen molar-refractivity contribution >= 4 is 40.9 Å². The summed E-state index contributed by atoms with van der Waals surface area (Å²) in [6.45, 7) is 3.58. The molecule has 0 bridgehead atoms. The average molecular weight is 584 g/mol. The molecule has 11 heteroatoms. The summed E-state index contributed by atoms with van der Waals surface area (Å²) < 4.78 is 4.94. The van der Waals surface area contributed by atoms with E-state index in [0.29, 0.717) is 22.7 Å². The third-order valence-corrected chi connectivity index (χ3v) is 6.92. The molecule has 0 saturated heterocycles. The van der Waals surface area contributed by atoms with Crippen molar-refractivity contribution in [3.8, 4) is 0 Å². The number of carbonyl (C=O) groups excluding carboxylic acids is 3. The molecule has 11 nitrogen and oxygen atoms in total. The largest absolute Gasteiger partial charge is 0.481 e. The van der Waals surface area contributed by atoms with E-state index in [1.165, 1.54) is 15.9 Å². The number of anilines is 3. The van der Waals surface area contributed by atoms with Crippen LogP contribution in [0.15, 0.2) is 83.4 Å². The van der Waals surface area contributed by atoms with Gasteiger partial charge in [-0.15, -0.1) is 0 Å². The second-order valence-corrected chi connectivity index (χ2v) is 10.1. The van der Waals surface area contributed by atoms with Gasteiger partial charge in [0.1, 0.15) is 5.76 Å². The summed E-state index contributed by atoms with van der Waals surface area (Å²) in [7, 11) is 3.32. The van der Waals surface area contributed by atoms with E-state index in [-0.39, 0.29) is 30.5 Å². The molecule has 3 N–H and O–H groups in total. The van der Waals surface area contributed by atoms with Crippen molar-refractivity contribution in [3.63, 3.8) is 0 Å². The highest BCUT2D eigenvalue weighted by atomic mass is 16.5. The van der Waals surface area contributed by atoms with Crippen molar-refractivity contribution in [1.82, 2.24) is 10.5 Å². The number of likely N-dealkylation sites (N-methyl/N-ethyl adjacent to an activating group) is 1. The lowest BCUT2D eigenvalue weighted by atomic mass is 10.0. The minimum Gasteiger partial charge on any atom is -0.481 e. The Kier molecular flexibility index (Phi) is 9.56. The minimum atomic E-state index is -1.10. The molecule has 1 atom stereocenters. The maximum absolute atomic E-state index is 13.1. The van der Waals surface area contributed by atoms with Gasteiger partial charge in [0, 0.05) is 37.2 Å². The first-order valence-corrected chi connectivity index (χ1v) is 13.5. The van der Waals surface area contributed by atoms with Crippen molar-refractivity contribution in [3.05, 3.63) is 107 Å². The van der Waals surface area contributed by atoms with Crippen molar-refractivity contribution in [2.75, 3.05) is 29.2 Å². The van der Waals surface area contributed by atoms with E-state index < -0.39 is 17.9 Å². The summed E-state index contributed by atoms with van der Waals surface area (Å²) in [4.78, 5) is 53.1. The lowest BCUT2D eigenvalue weighted by Gasteiger charge is -2.22. The van der Waals surface area contributed by atoms with Crippen LogP contribution in [0.2, 0.25) is 0 Å². The Labute approximate surface area is 249 Å². The van der Waals surface area contributed by atoms with Gasteiger partial charge < -0.3 is 25.2 Å². The Morgan fingerprint density at radius 2 is 1.63 bits per heavy atom. The first-order valence-electron chi connectivity index (χ1n) is 13.5. The molecule has 0 fully saturated rings. The lowest BCUT2D eigenvalue weighted by Crippen LogP contribution is -2.31. The van der Waals surface area contributed by atoms with Crippen LogP contribution in [0.5, 0.6) is 0 Å². The molecular formula is C32H33N5O6. The Hall–Kier alpha value is -5.45. The van der Waals surface area contributed by atoms with E-state index in [0.717, 1.165) is 16.8 Å². The van der Waals surface area contributed by atoms with Gasteiger partial charge in [0.25, 0.3) is 5.91 Å². The normalized spacial score (nSPS) is 11.3. The van der Waals surface area contributed by atoms with E-state index in [2.05, 4.69) is 15.8 Å². The number of nitrogens with zero attached hydrogens (tertiary/aromatic N) is 3. The van der Waals surface area contributed by atoms with Gasteiger partial charge in [-0.2, -0.15) is 0 Å². The molecule has 1 heterocycles. The molecular weight excluding hydrogens is 550 g/mol. The van der Waals surface area contributed by atoms with Gasteiger partial charge in [0.15, 0.2) is 5.69 Å². The number of aliphatic carboxylic acids is 1. The number of hydrogen-bond acceptors (Lipinski definition) is 6. The molecule has 3 aromatic carbocycles. The monoisotopic (exact) mass is 583 g/mol. The Balaban J connectivity index is 1.40. The van der Waals surface area contributed by atoms with Gasteiger partial charge in [-0.25, -0.2) is 4.79 Å². The fraction of sp³-hybridized carbons (Fsp3) is 0.219.